The van der Waals surface area contributed by atoms with Gasteiger partial charge in [0.15, 0.2) is 0 Å². The van der Waals surface area contributed by atoms with Crippen LogP contribution in [0, 0.1) is 5.92 Å². The summed E-state index contributed by atoms with van der Waals surface area (Å²) in [5.41, 5.74) is 0. The van der Waals surface area contributed by atoms with E-state index in [-0.39, 0.29) is 18.2 Å². The number of likely N-dealkylation sites (tertiary alicyclic amines) is 1. The third-order valence-electron chi connectivity index (χ3n) is 2.87. The Hall–Kier alpha value is -1.06. The van der Waals surface area contributed by atoms with Crippen LogP contribution in [-0.2, 0) is 9.59 Å². The number of rotatable bonds is 5. The highest BCUT2D eigenvalue weighted by Gasteiger charge is 2.24. The van der Waals surface area contributed by atoms with E-state index < -0.39 is 5.97 Å². The number of aliphatic carboxylic acids is 1. The monoisotopic (exact) mass is 213 g/mol. The molecule has 1 aliphatic heterocycles. The summed E-state index contributed by atoms with van der Waals surface area (Å²) in [6, 6.07) is 0. The number of carbonyl (C=O) groups is 2. The molecule has 0 aromatic carbocycles. The summed E-state index contributed by atoms with van der Waals surface area (Å²) in [7, 11) is 0. The van der Waals surface area contributed by atoms with Crippen molar-refractivity contribution in [3.05, 3.63) is 0 Å². The molecule has 4 nitrogen and oxygen atoms in total. The topological polar surface area (TPSA) is 57.6 Å². The van der Waals surface area contributed by atoms with Gasteiger partial charge in [-0.3, -0.25) is 9.59 Å². The maximum Gasteiger partial charge on any atom is 0.303 e. The van der Waals surface area contributed by atoms with Crippen LogP contribution >= 0.6 is 0 Å². The molecular weight excluding hydrogens is 194 g/mol. The fourth-order valence-corrected chi connectivity index (χ4v) is 1.93. The summed E-state index contributed by atoms with van der Waals surface area (Å²) in [5, 5.41) is 8.46. The normalized spacial score (nSPS) is 21.8. The van der Waals surface area contributed by atoms with Crippen molar-refractivity contribution in [3.8, 4) is 0 Å². The molecule has 1 aliphatic rings. The Morgan fingerprint density at radius 1 is 1.53 bits per heavy atom. The molecule has 0 aromatic heterocycles. The van der Waals surface area contributed by atoms with Gasteiger partial charge in [-0.2, -0.15) is 0 Å². The van der Waals surface area contributed by atoms with Crippen molar-refractivity contribution in [2.24, 2.45) is 5.92 Å². The number of hydrogen-bond acceptors (Lipinski definition) is 2. The molecule has 1 saturated heterocycles. The highest BCUT2D eigenvalue weighted by Crippen LogP contribution is 2.17. The van der Waals surface area contributed by atoms with Crippen LogP contribution in [0.4, 0.5) is 0 Å². The molecule has 0 spiro atoms. The second-order valence-corrected chi connectivity index (χ2v) is 4.22. The van der Waals surface area contributed by atoms with Crippen LogP contribution in [0.25, 0.3) is 0 Å². The Kier molecular flexibility index (Phi) is 4.59. The quantitative estimate of drug-likeness (QED) is 0.704. The molecule has 0 bridgehead atoms. The van der Waals surface area contributed by atoms with Crippen LogP contribution in [0.5, 0.6) is 0 Å². The first-order chi connectivity index (χ1) is 7.11. The van der Waals surface area contributed by atoms with Crippen LogP contribution in [0.1, 0.15) is 39.0 Å². The summed E-state index contributed by atoms with van der Waals surface area (Å²) in [4.78, 5) is 23.8. The molecule has 0 aromatic rings. The Bertz CT molecular complexity index is 240. The zero-order chi connectivity index (χ0) is 11.3. The van der Waals surface area contributed by atoms with Crippen molar-refractivity contribution in [2.75, 3.05) is 13.1 Å². The highest BCUT2D eigenvalue weighted by molar-refractivity contribution is 5.79. The smallest absolute Gasteiger partial charge is 0.303 e. The summed E-state index contributed by atoms with van der Waals surface area (Å²) in [6.45, 7) is 3.53. The molecule has 0 radical (unpaired) electrons. The molecular formula is C11H19NO3. The van der Waals surface area contributed by atoms with Crippen LogP contribution in [0.15, 0.2) is 0 Å². The van der Waals surface area contributed by atoms with Crippen molar-refractivity contribution < 1.29 is 14.7 Å². The third-order valence-corrected chi connectivity index (χ3v) is 2.87. The number of piperidine rings is 1. The van der Waals surface area contributed by atoms with Crippen molar-refractivity contribution in [1.29, 1.82) is 0 Å². The summed E-state index contributed by atoms with van der Waals surface area (Å²) >= 11 is 0. The molecule has 1 N–H and O–H groups in total. The SMILES string of the molecule is CC1CCCN(CCCCC(=O)O)C1=O. The number of hydrogen-bond donors (Lipinski definition) is 1. The maximum atomic E-state index is 11.7. The Morgan fingerprint density at radius 3 is 2.93 bits per heavy atom. The minimum atomic E-state index is -0.756. The molecule has 86 valence electrons. The fourth-order valence-electron chi connectivity index (χ4n) is 1.93. The number of carboxylic acids is 1. The van der Waals surface area contributed by atoms with E-state index in [1.165, 1.54) is 0 Å². The average Bonchev–Trinajstić information content (AvgIpc) is 2.18. The minimum Gasteiger partial charge on any atom is -0.481 e. The van der Waals surface area contributed by atoms with Gasteiger partial charge in [0, 0.05) is 25.4 Å². The van der Waals surface area contributed by atoms with E-state index in [1.54, 1.807) is 0 Å². The average molecular weight is 213 g/mol. The van der Waals surface area contributed by atoms with Gasteiger partial charge in [0.1, 0.15) is 0 Å². The lowest BCUT2D eigenvalue weighted by molar-refractivity contribution is -0.137. The number of carbonyl (C=O) groups excluding carboxylic acids is 1. The summed E-state index contributed by atoms with van der Waals surface area (Å²) in [6.07, 6.45) is 3.73. The molecule has 1 amide bonds. The molecule has 1 rings (SSSR count). The molecule has 15 heavy (non-hydrogen) atoms. The van der Waals surface area contributed by atoms with E-state index in [4.69, 9.17) is 5.11 Å². The predicted molar refractivity (Wildman–Crippen MR) is 56.5 cm³/mol. The van der Waals surface area contributed by atoms with E-state index in [9.17, 15) is 9.59 Å². The molecule has 1 fully saturated rings. The van der Waals surface area contributed by atoms with Gasteiger partial charge in [0.25, 0.3) is 0 Å². The Labute approximate surface area is 90.3 Å². The lowest BCUT2D eigenvalue weighted by Crippen LogP contribution is -2.40. The van der Waals surface area contributed by atoms with Gasteiger partial charge in [0.2, 0.25) is 5.91 Å². The van der Waals surface area contributed by atoms with Gasteiger partial charge in [-0.05, 0) is 25.7 Å². The van der Waals surface area contributed by atoms with Gasteiger partial charge in [-0.25, -0.2) is 0 Å². The van der Waals surface area contributed by atoms with Gasteiger partial charge in [-0.15, -0.1) is 0 Å². The zero-order valence-corrected chi connectivity index (χ0v) is 9.24. The molecule has 0 saturated carbocycles. The fraction of sp³-hybridized carbons (Fsp3) is 0.818. The van der Waals surface area contributed by atoms with Gasteiger partial charge < -0.3 is 10.0 Å². The van der Waals surface area contributed by atoms with E-state index in [0.29, 0.717) is 6.42 Å². The van der Waals surface area contributed by atoms with Gasteiger partial charge in [-0.1, -0.05) is 6.92 Å². The summed E-state index contributed by atoms with van der Waals surface area (Å²) in [5.74, 6) is -0.372. The van der Waals surface area contributed by atoms with Crippen LogP contribution < -0.4 is 0 Å². The maximum absolute atomic E-state index is 11.7. The van der Waals surface area contributed by atoms with Gasteiger partial charge in [0.05, 0.1) is 0 Å². The third kappa shape index (κ3) is 3.90. The Morgan fingerprint density at radius 2 is 2.27 bits per heavy atom. The van der Waals surface area contributed by atoms with Crippen molar-refractivity contribution >= 4 is 11.9 Å². The highest BCUT2D eigenvalue weighted by atomic mass is 16.4. The molecule has 1 unspecified atom stereocenters. The van der Waals surface area contributed by atoms with Gasteiger partial charge >= 0.3 is 5.97 Å². The second kappa shape index (κ2) is 5.73. The number of nitrogens with zero attached hydrogens (tertiary/aromatic N) is 1. The van der Waals surface area contributed by atoms with E-state index in [2.05, 4.69) is 0 Å². The zero-order valence-electron chi connectivity index (χ0n) is 9.24. The van der Waals surface area contributed by atoms with E-state index in [0.717, 1.165) is 32.4 Å². The van der Waals surface area contributed by atoms with Crippen molar-refractivity contribution in [2.45, 2.75) is 39.0 Å². The minimum absolute atomic E-state index is 0.151. The second-order valence-electron chi connectivity index (χ2n) is 4.22. The number of carboxylic acid groups (broad SMARTS) is 1. The van der Waals surface area contributed by atoms with Crippen LogP contribution in [-0.4, -0.2) is 35.0 Å². The molecule has 4 heteroatoms. The first kappa shape index (κ1) is 12.0. The Balaban J connectivity index is 2.20. The predicted octanol–water partition coefficient (Wildman–Crippen LogP) is 1.50. The first-order valence-electron chi connectivity index (χ1n) is 5.62. The molecule has 0 aliphatic carbocycles. The van der Waals surface area contributed by atoms with E-state index >= 15 is 0 Å². The van der Waals surface area contributed by atoms with Crippen LogP contribution in [0.2, 0.25) is 0 Å². The van der Waals surface area contributed by atoms with Crippen LogP contribution in [0.3, 0.4) is 0 Å². The number of unbranched alkanes of at least 4 members (excludes halogenated alkanes) is 1. The largest absolute Gasteiger partial charge is 0.481 e. The van der Waals surface area contributed by atoms with E-state index in [1.807, 2.05) is 11.8 Å². The van der Waals surface area contributed by atoms with Crippen molar-refractivity contribution in [3.63, 3.8) is 0 Å². The van der Waals surface area contributed by atoms with Crippen molar-refractivity contribution in [1.82, 2.24) is 4.90 Å². The lowest BCUT2D eigenvalue weighted by Gasteiger charge is -2.30. The summed E-state index contributed by atoms with van der Waals surface area (Å²) < 4.78 is 0. The molecule has 1 atom stereocenters. The lowest BCUT2D eigenvalue weighted by atomic mass is 9.99. The molecule has 1 heterocycles. The first-order valence-corrected chi connectivity index (χ1v) is 5.62. The number of amides is 1. The standard InChI is InChI=1S/C11H19NO3/c1-9-5-4-8-12(11(9)15)7-3-2-6-10(13)14/h9H,2-8H2,1H3,(H,13,14).